The van der Waals surface area contributed by atoms with E-state index in [2.05, 4.69) is 5.32 Å². The molecule has 1 saturated heterocycles. The Morgan fingerprint density at radius 2 is 2.22 bits per heavy atom. The van der Waals surface area contributed by atoms with Crippen molar-refractivity contribution in [1.29, 1.82) is 0 Å². The maximum absolute atomic E-state index is 12.3. The van der Waals surface area contributed by atoms with Crippen molar-refractivity contribution >= 4 is 17.5 Å². The van der Waals surface area contributed by atoms with E-state index in [-0.39, 0.29) is 11.8 Å². The largest absolute Gasteiger partial charge is 0.398 e. The molecule has 18 heavy (non-hydrogen) atoms. The lowest BCUT2D eigenvalue weighted by molar-refractivity contribution is -0.127. The molecule has 0 aromatic heterocycles. The summed E-state index contributed by atoms with van der Waals surface area (Å²) < 4.78 is 0. The summed E-state index contributed by atoms with van der Waals surface area (Å²) in [4.78, 5) is 25.4. The summed E-state index contributed by atoms with van der Waals surface area (Å²) in [6.07, 6.45) is 0. The molecule has 0 spiro atoms. The van der Waals surface area contributed by atoms with E-state index >= 15 is 0 Å². The fourth-order valence-electron chi connectivity index (χ4n) is 2.00. The molecule has 3 N–H and O–H groups in total. The number of anilines is 1. The van der Waals surface area contributed by atoms with Crippen LogP contribution in [0, 0.1) is 6.92 Å². The minimum absolute atomic E-state index is 0.116. The van der Waals surface area contributed by atoms with E-state index in [1.165, 1.54) is 0 Å². The molecule has 5 heteroatoms. The summed E-state index contributed by atoms with van der Waals surface area (Å²) in [6, 6.07) is 4.79. The van der Waals surface area contributed by atoms with Crippen LogP contribution < -0.4 is 11.1 Å². The van der Waals surface area contributed by atoms with Crippen LogP contribution in [0.3, 0.4) is 0 Å². The standard InChI is InChI=1S/C13H17N3O2/c1-8-3-4-10(7-11(8)14)13(18)16-6-5-15-12(17)9(16)2/h3-4,7,9H,5-6,14H2,1-2H3,(H,15,17). The van der Waals surface area contributed by atoms with Gasteiger partial charge in [0.1, 0.15) is 6.04 Å². The van der Waals surface area contributed by atoms with Crippen LogP contribution in [0.4, 0.5) is 5.69 Å². The minimum Gasteiger partial charge on any atom is -0.398 e. The molecule has 1 aliphatic heterocycles. The molecule has 0 bridgehead atoms. The lowest BCUT2D eigenvalue weighted by Crippen LogP contribution is -2.55. The van der Waals surface area contributed by atoms with Gasteiger partial charge in [-0.05, 0) is 31.5 Å². The lowest BCUT2D eigenvalue weighted by Gasteiger charge is -2.32. The number of benzene rings is 1. The zero-order valence-electron chi connectivity index (χ0n) is 10.6. The van der Waals surface area contributed by atoms with Crippen LogP contribution in [0.2, 0.25) is 0 Å². The number of amides is 2. The first-order valence-electron chi connectivity index (χ1n) is 5.95. The lowest BCUT2D eigenvalue weighted by atomic mass is 10.1. The van der Waals surface area contributed by atoms with E-state index in [9.17, 15) is 9.59 Å². The molecule has 2 amide bonds. The van der Waals surface area contributed by atoms with Gasteiger partial charge in [-0.25, -0.2) is 0 Å². The summed E-state index contributed by atoms with van der Waals surface area (Å²) in [5.41, 5.74) is 7.86. The highest BCUT2D eigenvalue weighted by Gasteiger charge is 2.29. The van der Waals surface area contributed by atoms with Gasteiger partial charge in [0, 0.05) is 24.3 Å². The van der Waals surface area contributed by atoms with Crippen molar-refractivity contribution in [1.82, 2.24) is 10.2 Å². The molecule has 0 aliphatic carbocycles. The van der Waals surface area contributed by atoms with Crippen LogP contribution in [0.25, 0.3) is 0 Å². The van der Waals surface area contributed by atoms with Gasteiger partial charge in [0.15, 0.2) is 0 Å². The second-order valence-electron chi connectivity index (χ2n) is 4.54. The molecule has 1 fully saturated rings. The first kappa shape index (κ1) is 12.4. The second-order valence-corrected chi connectivity index (χ2v) is 4.54. The Bertz CT molecular complexity index is 499. The number of aryl methyl sites for hydroxylation is 1. The monoisotopic (exact) mass is 247 g/mol. The number of carbonyl (C=O) groups is 2. The zero-order chi connectivity index (χ0) is 13.3. The van der Waals surface area contributed by atoms with E-state index in [0.717, 1.165) is 5.56 Å². The van der Waals surface area contributed by atoms with Gasteiger partial charge < -0.3 is 16.0 Å². The van der Waals surface area contributed by atoms with Crippen molar-refractivity contribution < 1.29 is 9.59 Å². The van der Waals surface area contributed by atoms with Crippen molar-refractivity contribution in [3.8, 4) is 0 Å². The van der Waals surface area contributed by atoms with Crippen LogP contribution in [-0.2, 0) is 4.79 Å². The Morgan fingerprint density at radius 1 is 1.50 bits per heavy atom. The van der Waals surface area contributed by atoms with Gasteiger partial charge in [0.25, 0.3) is 5.91 Å². The van der Waals surface area contributed by atoms with Crippen LogP contribution in [0.15, 0.2) is 18.2 Å². The number of nitrogens with one attached hydrogen (secondary N) is 1. The Hall–Kier alpha value is -2.04. The fourth-order valence-corrected chi connectivity index (χ4v) is 2.00. The first-order chi connectivity index (χ1) is 8.50. The maximum atomic E-state index is 12.3. The number of hydrogen-bond donors (Lipinski definition) is 2. The second kappa shape index (κ2) is 4.68. The van der Waals surface area contributed by atoms with E-state index in [1.807, 2.05) is 13.0 Å². The quantitative estimate of drug-likeness (QED) is 0.711. The van der Waals surface area contributed by atoms with Crippen molar-refractivity contribution in [3.05, 3.63) is 29.3 Å². The summed E-state index contributed by atoms with van der Waals surface area (Å²) in [5, 5.41) is 2.73. The summed E-state index contributed by atoms with van der Waals surface area (Å²) in [5.74, 6) is -0.265. The molecular weight excluding hydrogens is 230 g/mol. The predicted octanol–water partition coefficient (Wildman–Crippen LogP) is 0.538. The predicted molar refractivity (Wildman–Crippen MR) is 69.1 cm³/mol. The van der Waals surface area contributed by atoms with Crippen molar-refractivity contribution in [2.24, 2.45) is 0 Å². The Labute approximate surface area is 106 Å². The number of nitrogens with two attached hydrogens (primary N) is 1. The van der Waals surface area contributed by atoms with Crippen molar-refractivity contribution in [2.75, 3.05) is 18.8 Å². The smallest absolute Gasteiger partial charge is 0.254 e. The number of nitrogen functional groups attached to an aromatic ring is 1. The molecule has 0 radical (unpaired) electrons. The molecule has 96 valence electrons. The summed E-state index contributed by atoms with van der Waals surface area (Å²) in [7, 11) is 0. The van der Waals surface area contributed by atoms with Crippen molar-refractivity contribution in [3.63, 3.8) is 0 Å². The molecule has 1 atom stereocenters. The third-order valence-electron chi connectivity index (χ3n) is 3.29. The highest BCUT2D eigenvalue weighted by molar-refractivity contribution is 5.98. The maximum Gasteiger partial charge on any atom is 0.254 e. The molecular formula is C13H17N3O2. The van der Waals surface area contributed by atoms with E-state index in [0.29, 0.717) is 24.3 Å². The van der Waals surface area contributed by atoms with Gasteiger partial charge in [0.2, 0.25) is 5.91 Å². The highest BCUT2D eigenvalue weighted by Crippen LogP contribution is 2.16. The SMILES string of the molecule is Cc1ccc(C(=O)N2CCNC(=O)C2C)cc1N. The van der Waals surface area contributed by atoms with E-state index < -0.39 is 6.04 Å². The topological polar surface area (TPSA) is 75.4 Å². The number of hydrogen-bond acceptors (Lipinski definition) is 3. The van der Waals surface area contributed by atoms with Gasteiger partial charge in [0.05, 0.1) is 0 Å². The molecule has 1 unspecified atom stereocenters. The van der Waals surface area contributed by atoms with Crippen molar-refractivity contribution in [2.45, 2.75) is 19.9 Å². The number of nitrogens with zero attached hydrogens (tertiary/aromatic N) is 1. The summed E-state index contributed by atoms with van der Waals surface area (Å²) >= 11 is 0. The number of carbonyl (C=O) groups excluding carboxylic acids is 2. The van der Waals surface area contributed by atoms with Crippen LogP contribution in [-0.4, -0.2) is 35.8 Å². The highest BCUT2D eigenvalue weighted by atomic mass is 16.2. The van der Waals surface area contributed by atoms with E-state index in [1.54, 1.807) is 24.0 Å². The summed E-state index contributed by atoms with van der Waals surface area (Å²) in [6.45, 7) is 4.64. The molecule has 1 heterocycles. The average Bonchev–Trinajstić information content (AvgIpc) is 2.35. The van der Waals surface area contributed by atoms with E-state index in [4.69, 9.17) is 5.73 Å². The average molecular weight is 247 g/mol. The van der Waals surface area contributed by atoms with Gasteiger partial charge >= 0.3 is 0 Å². The van der Waals surface area contributed by atoms with Crippen LogP contribution in [0.1, 0.15) is 22.8 Å². The fraction of sp³-hybridized carbons (Fsp3) is 0.385. The van der Waals surface area contributed by atoms with Gasteiger partial charge in [-0.3, -0.25) is 9.59 Å². The van der Waals surface area contributed by atoms with Gasteiger partial charge in [-0.1, -0.05) is 6.07 Å². The van der Waals surface area contributed by atoms with Gasteiger partial charge in [-0.2, -0.15) is 0 Å². The molecule has 1 aliphatic rings. The zero-order valence-corrected chi connectivity index (χ0v) is 10.6. The Kier molecular flexibility index (Phi) is 3.23. The number of rotatable bonds is 1. The van der Waals surface area contributed by atoms with Crippen LogP contribution in [0.5, 0.6) is 0 Å². The molecule has 1 aromatic carbocycles. The number of piperazine rings is 1. The molecule has 2 rings (SSSR count). The third kappa shape index (κ3) is 2.16. The normalized spacial score (nSPS) is 19.6. The third-order valence-corrected chi connectivity index (χ3v) is 3.29. The minimum atomic E-state index is -0.436. The van der Waals surface area contributed by atoms with Crippen LogP contribution >= 0.6 is 0 Å². The van der Waals surface area contributed by atoms with Gasteiger partial charge in [-0.15, -0.1) is 0 Å². The Balaban J connectivity index is 2.25. The molecule has 0 saturated carbocycles. The molecule has 5 nitrogen and oxygen atoms in total. The Morgan fingerprint density at radius 3 is 2.89 bits per heavy atom. The first-order valence-corrected chi connectivity index (χ1v) is 5.95. The molecule has 1 aromatic rings.